The molecular formula is C15H20N4. The van der Waals surface area contributed by atoms with Crippen molar-refractivity contribution in [3.05, 3.63) is 47.0 Å². The number of nitrogens with one attached hydrogen (secondary N) is 1. The molecule has 0 spiro atoms. The van der Waals surface area contributed by atoms with Gasteiger partial charge in [-0.15, -0.1) is 0 Å². The molecule has 1 atom stereocenters. The third-order valence-electron chi connectivity index (χ3n) is 4.06. The van der Waals surface area contributed by atoms with Crippen molar-refractivity contribution >= 4 is 0 Å². The summed E-state index contributed by atoms with van der Waals surface area (Å²) in [6, 6.07) is 2.49. The van der Waals surface area contributed by atoms with Gasteiger partial charge in [0.2, 0.25) is 0 Å². The van der Waals surface area contributed by atoms with E-state index in [1.54, 1.807) is 0 Å². The highest BCUT2D eigenvalue weighted by Gasteiger charge is 2.22. The summed E-state index contributed by atoms with van der Waals surface area (Å²) in [5, 5.41) is 8.04. The van der Waals surface area contributed by atoms with Gasteiger partial charge in [-0.3, -0.25) is 9.67 Å². The Morgan fingerprint density at radius 1 is 1.42 bits per heavy atom. The zero-order valence-corrected chi connectivity index (χ0v) is 11.6. The number of aromatic nitrogens is 3. The van der Waals surface area contributed by atoms with Crippen molar-refractivity contribution in [2.24, 2.45) is 7.05 Å². The monoisotopic (exact) mass is 256 g/mol. The van der Waals surface area contributed by atoms with E-state index in [1.165, 1.54) is 35.2 Å². The van der Waals surface area contributed by atoms with E-state index in [0.717, 1.165) is 13.0 Å². The number of rotatable bonds is 3. The fraction of sp³-hybridized carbons (Fsp3) is 0.467. The highest BCUT2D eigenvalue weighted by molar-refractivity contribution is 5.26. The van der Waals surface area contributed by atoms with Crippen LogP contribution in [0, 0.1) is 6.92 Å². The summed E-state index contributed by atoms with van der Waals surface area (Å²) in [5.74, 6) is 0. The van der Waals surface area contributed by atoms with Crippen LogP contribution in [0.4, 0.5) is 0 Å². The van der Waals surface area contributed by atoms with Crippen LogP contribution in [-0.2, 0) is 20.0 Å². The molecule has 4 heteroatoms. The molecule has 1 aliphatic rings. The minimum absolute atomic E-state index is 0.428. The molecule has 2 aromatic rings. The Bertz CT molecular complexity index is 573. The molecule has 1 aliphatic carbocycles. The quantitative estimate of drug-likeness (QED) is 0.916. The molecule has 2 heterocycles. The first-order valence-corrected chi connectivity index (χ1v) is 6.89. The van der Waals surface area contributed by atoms with Gasteiger partial charge < -0.3 is 5.32 Å². The van der Waals surface area contributed by atoms with E-state index in [4.69, 9.17) is 0 Å². The minimum atomic E-state index is 0.428. The van der Waals surface area contributed by atoms with Crippen LogP contribution in [0.25, 0.3) is 0 Å². The smallest absolute Gasteiger partial charge is 0.0540 e. The molecule has 3 rings (SSSR count). The van der Waals surface area contributed by atoms with Crippen molar-refractivity contribution in [2.45, 2.75) is 38.8 Å². The molecule has 4 nitrogen and oxygen atoms in total. The Balaban J connectivity index is 1.73. The second-order valence-electron chi connectivity index (χ2n) is 5.30. The molecule has 0 fully saturated rings. The van der Waals surface area contributed by atoms with E-state index < -0.39 is 0 Å². The molecule has 0 saturated heterocycles. The highest BCUT2D eigenvalue weighted by atomic mass is 15.3. The van der Waals surface area contributed by atoms with Crippen molar-refractivity contribution < 1.29 is 0 Å². The van der Waals surface area contributed by atoms with Crippen LogP contribution in [0.3, 0.4) is 0 Å². The van der Waals surface area contributed by atoms with Gasteiger partial charge in [0.25, 0.3) is 0 Å². The number of fused-ring (bicyclic) bond motifs is 1. The molecule has 0 radical (unpaired) electrons. The van der Waals surface area contributed by atoms with Gasteiger partial charge in [-0.05, 0) is 43.4 Å². The third-order valence-corrected chi connectivity index (χ3v) is 4.06. The van der Waals surface area contributed by atoms with E-state index in [-0.39, 0.29) is 0 Å². The summed E-state index contributed by atoms with van der Waals surface area (Å²) in [6.45, 7) is 3.01. The zero-order chi connectivity index (χ0) is 13.2. The van der Waals surface area contributed by atoms with Gasteiger partial charge in [-0.1, -0.05) is 0 Å². The predicted octanol–water partition coefficient (Wildman–Crippen LogP) is 2.29. The molecule has 0 aliphatic heterocycles. The molecule has 19 heavy (non-hydrogen) atoms. The van der Waals surface area contributed by atoms with Crippen LogP contribution in [0.1, 0.15) is 41.3 Å². The number of aryl methyl sites for hydroxylation is 2. The third kappa shape index (κ3) is 2.40. The lowest BCUT2D eigenvalue weighted by molar-refractivity contribution is 0.451. The number of hydrogen-bond acceptors (Lipinski definition) is 3. The Labute approximate surface area is 113 Å². The van der Waals surface area contributed by atoms with Crippen LogP contribution >= 0.6 is 0 Å². The first kappa shape index (κ1) is 12.4. The maximum Gasteiger partial charge on any atom is 0.0540 e. The molecule has 0 amide bonds. The van der Waals surface area contributed by atoms with E-state index >= 15 is 0 Å². The van der Waals surface area contributed by atoms with Gasteiger partial charge in [0, 0.05) is 43.3 Å². The Morgan fingerprint density at radius 3 is 3.16 bits per heavy atom. The maximum absolute atomic E-state index is 4.39. The van der Waals surface area contributed by atoms with Crippen molar-refractivity contribution in [1.29, 1.82) is 0 Å². The lowest BCUT2D eigenvalue weighted by Gasteiger charge is -2.24. The lowest BCUT2D eigenvalue weighted by Crippen LogP contribution is -2.25. The lowest BCUT2D eigenvalue weighted by atomic mass is 9.93. The van der Waals surface area contributed by atoms with E-state index in [9.17, 15) is 0 Å². The number of pyridine rings is 1. The summed E-state index contributed by atoms with van der Waals surface area (Å²) in [6.07, 6.45) is 9.39. The summed E-state index contributed by atoms with van der Waals surface area (Å²) in [5.41, 5.74) is 5.32. The molecular weight excluding hydrogens is 236 g/mol. The van der Waals surface area contributed by atoms with E-state index in [2.05, 4.69) is 28.4 Å². The summed E-state index contributed by atoms with van der Waals surface area (Å²) in [7, 11) is 2.03. The van der Waals surface area contributed by atoms with E-state index in [1.807, 2.05) is 30.3 Å². The minimum Gasteiger partial charge on any atom is -0.306 e. The largest absolute Gasteiger partial charge is 0.306 e. The standard InChI is InChI=1S/C15H20N4/c1-11-6-7-16-8-12(11)9-17-14-4-3-5-15-13(14)10-18-19(15)2/h6-8,10,14,17H,3-5,9H2,1-2H3. The Morgan fingerprint density at radius 2 is 2.32 bits per heavy atom. The summed E-state index contributed by atoms with van der Waals surface area (Å²) >= 11 is 0. The molecule has 1 N–H and O–H groups in total. The SMILES string of the molecule is Cc1ccncc1CNC1CCCc2c1cnn2C. The zero-order valence-electron chi connectivity index (χ0n) is 11.6. The fourth-order valence-electron chi connectivity index (χ4n) is 2.83. The highest BCUT2D eigenvalue weighted by Crippen LogP contribution is 2.29. The van der Waals surface area contributed by atoms with E-state index in [0.29, 0.717) is 6.04 Å². The van der Waals surface area contributed by atoms with Gasteiger partial charge in [-0.2, -0.15) is 5.10 Å². The van der Waals surface area contributed by atoms with Crippen LogP contribution < -0.4 is 5.32 Å². The average molecular weight is 256 g/mol. The van der Waals surface area contributed by atoms with Crippen molar-refractivity contribution in [2.75, 3.05) is 0 Å². The molecule has 0 bridgehead atoms. The first-order valence-electron chi connectivity index (χ1n) is 6.89. The van der Waals surface area contributed by atoms with Gasteiger partial charge >= 0.3 is 0 Å². The number of nitrogens with zero attached hydrogens (tertiary/aromatic N) is 3. The second kappa shape index (κ2) is 5.13. The molecule has 100 valence electrons. The second-order valence-corrected chi connectivity index (χ2v) is 5.30. The maximum atomic E-state index is 4.39. The van der Waals surface area contributed by atoms with Crippen LogP contribution in [-0.4, -0.2) is 14.8 Å². The van der Waals surface area contributed by atoms with Crippen LogP contribution in [0.5, 0.6) is 0 Å². The van der Waals surface area contributed by atoms with Gasteiger partial charge in [-0.25, -0.2) is 0 Å². The van der Waals surface area contributed by atoms with Crippen molar-refractivity contribution in [3.63, 3.8) is 0 Å². The summed E-state index contributed by atoms with van der Waals surface area (Å²) in [4.78, 5) is 4.20. The van der Waals surface area contributed by atoms with Crippen LogP contribution in [0.15, 0.2) is 24.7 Å². The predicted molar refractivity (Wildman–Crippen MR) is 74.7 cm³/mol. The molecule has 0 saturated carbocycles. The Kier molecular flexibility index (Phi) is 3.34. The first-order chi connectivity index (χ1) is 9.25. The normalized spacial score (nSPS) is 18.3. The molecule has 1 unspecified atom stereocenters. The fourth-order valence-corrected chi connectivity index (χ4v) is 2.83. The molecule has 0 aromatic carbocycles. The van der Waals surface area contributed by atoms with Crippen molar-refractivity contribution in [1.82, 2.24) is 20.1 Å². The molecule has 2 aromatic heterocycles. The topological polar surface area (TPSA) is 42.7 Å². The average Bonchev–Trinajstić information content (AvgIpc) is 2.81. The van der Waals surface area contributed by atoms with Gasteiger partial charge in [0.15, 0.2) is 0 Å². The van der Waals surface area contributed by atoms with Crippen LogP contribution in [0.2, 0.25) is 0 Å². The number of hydrogen-bond donors (Lipinski definition) is 1. The van der Waals surface area contributed by atoms with Gasteiger partial charge in [0.05, 0.1) is 6.20 Å². The van der Waals surface area contributed by atoms with Gasteiger partial charge in [0.1, 0.15) is 0 Å². The van der Waals surface area contributed by atoms with Crippen molar-refractivity contribution in [3.8, 4) is 0 Å². The summed E-state index contributed by atoms with van der Waals surface area (Å²) < 4.78 is 2.01. The Hall–Kier alpha value is -1.68.